The number of aromatic nitrogens is 2. The number of carbonyl (C=O) groups is 1. The third-order valence-corrected chi connectivity index (χ3v) is 4.76. The quantitative estimate of drug-likeness (QED) is 0.556. The van der Waals surface area contributed by atoms with Crippen molar-refractivity contribution >= 4 is 29.0 Å². The number of rotatable bonds is 5. The van der Waals surface area contributed by atoms with Crippen molar-refractivity contribution in [2.75, 3.05) is 32.1 Å². The molecule has 1 saturated heterocycles. The molecule has 1 aliphatic heterocycles. The van der Waals surface area contributed by atoms with Crippen LogP contribution in [0, 0.1) is 10.1 Å². The van der Waals surface area contributed by atoms with Gasteiger partial charge in [0.25, 0.3) is 11.6 Å². The fourth-order valence-electron chi connectivity index (χ4n) is 2.97. The summed E-state index contributed by atoms with van der Waals surface area (Å²) < 4.78 is 5.87. The summed E-state index contributed by atoms with van der Waals surface area (Å²) in [6, 6.07) is 7.39. The molecule has 0 aliphatic carbocycles. The van der Waals surface area contributed by atoms with Gasteiger partial charge in [-0.25, -0.2) is 0 Å². The summed E-state index contributed by atoms with van der Waals surface area (Å²) in [5.74, 6) is 0.752. The fraction of sp³-hybridized carbons (Fsp3) is 0.389. The third-order valence-electron chi connectivity index (χ3n) is 4.43. The predicted molar refractivity (Wildman–Crippen MR) is 104 cm³/mol. The Labute approximate surface area is 167 Å². The van der Waals surface area contributed by atoms with E-state index in [0.29, 0.717) is 24.8 Å². The number of non-ortho nitro benzene ring substituents is 1. The minimum absolute atomic E-state index is 0.117. The van der Waals surface area contributed by atoms with Crippen LogP contribution in [-0.2, 0) is 0 Å². The van der Waals surface area contributed by atoms with E-state index in [0.717, 1.165) is 12.8 Å². The first-order valence-corrected chi connectivity index (χ1v) is 9.14. The lowest BCUT2D eigenvalue weighted by Crippen LogP contribution is -2.44. The molecule has 3 rings (SSSR count). The molecule has 1 aromatic heterocycles. The van der Waals surface area contributed by atoms with Crippen molar-refractivity contribution in [3.63, 3.8) is 0 Å². The molecule has 9 nitrogen and oxygen atoms in total. The number of hydrogen-bond donors (Lipinski definition) is 0. The molecule has 1 fully saturated rings. The molecule has 2 aromatic rings. The largest absolute Gasteiger partial charge is 0.471 e. The second-order valence-corrected chi connectivity index (χ2v) is 7.09. The first kappa shape index (κ1) is 19.8. The second-order valence-electron chi connectivity index (χ2n) is 6.68. The van der Waals surface area contributed by atoms with E-state index in [1.807, 2.05) is 19.0 Å². The molecule has 2 heterocycles. The van der Waals surface area contributed by atoms with E-state index < -0.39 is 4.92 Å². The Kier molecular flexibility index (Phi) is 5.93. The zero-order valence-corrected chi connectivity index (χ0v) is 16.3. The molecule has 0 spiro atoms. The summed E-state index contributed by atoms with van der Waals surface area (Å²) >= 11 is 6.10. The van der Waals surface area contributed by atoms with Gasteiger partial charge in [0.15, 0.2) is 5.82 Å². The van der Waals surface area contributed by atoms with E-state index in [1.54, 1.807) is 17.0 Å². The fourth-order valence-corrected chi connectivity index (χ4v) is 3.16. The molecule has 1 aromatic carbocycles. The average molecular weight is 406 g/mol. The van der Waals surface area contributed by atoms with Gasteiger partial charge in [0.05, 0.1) is 22.1 Å². The zero-order valence-electron chi connectivity index (χ0n) is 15.5. The molecule has 28 heavy (non-hydrogen) atoms. The molecular formula is C18H20ClN5O4. The third kappa shape index (κ3) is 4.48. The highest BCUT2D eigenvalue weighted by Gasteiger charge is 2.28. The van der Waals surface area contributed by atoms with Gasteiger partial charge in [0.2, 0.25) is 5.88 Å². The summed E-state index contributed by atoms with van der Waals surface area (Å²) in [5, 5.41) is 19.3. The van der Waals surface area contributed by atoms with Crippen LogP contribution in [0.1, 0.15) is 23.2 Å². The van der Waals surface area contributed by atoms with Gasteiger partial charge >= 0.3 is 0 Å². The Bertz CT molecular complexity index is 875. The number of nitrogens with zero attached hydrogens (tertiary/aromatic N) is 5. The number of benzene rings is 1. The van der Waals surface area contributed by atoms with Crippen molar-refractivity contribution in [2.45, 2.75) is 18.9 Å². The van der Waals surface area contributed by atoms with E-state index in [4.69, 9.17) is 16.3 Å². The van der Waals surface area contributed by atoms with Crippen molar-refractivity contribution in [3.05, 3.63) is 51.0 Å². The number of halogens is 1. The Morgan fingerprint density at radius 1 is 1.32 bits per heavy atom. The number of anilines is 1. The monoisotopic (exact) mass is 405 g/mol. The molecular weight excluding hydrogens is 386 g/mol. The van der Waals surface area contributed by atoms with Gasteiger partial charge in [0, 0.05) is 38.8 Å². The van der Waals surface area contributed by atoms with Crippen LogP contribution in [0.2, 0.25) is 5.02 Å². The lowest BCUT2D eigenvalue weighted by atomic mass is 10.1. The molecule has 148 valence electrons. The average Bonchev–Trinajstić information content (AvgIpc) is 2.68. The first-order valence-electron chi connectivity index (χ1n) is 8.76. The van der Waals surface area contributed by atoms with E-state index in [-0.39, 0.29) is 28.3 Å². The molecule has 1 unspecified atom stereocenters. The van der Waals surface area contributed by atoms with Crippen LogP contribution in [0.25, 0.3) is 0 Å². The lowest BCUT2D eigenvalue weighted by Gasteiger charge is -2.32. The van der Waals surface area contributed by atoms with E-state index >= 15 is 0 Å². The Hall–Kier alpha value is -2.94. The Morgan fingerprint density at radius 2 is 2.11 bits per heavy atom. The predicted octanol–water partition coefficient (Wildman–Crippen LogP) is 2.79. The van der Waals surface area contributed by atoms with Gasteiger partial charge in [-0.1, -0.05) is 11.6 Å². The molecule has 1 atom stereocenters. The van der Waals surface area contributed by atoms with Crippen LogP contribution < -0.4 is 9.64 Å². The number of hydrogen-bond acceptors (Lipinski definition) is 7. The first-order chi connectivity index (χ1) is 13.3. The standard InChI is InChI=1S/C18H20ClN5O4/c1-22(2)16-7-8-17(21-20-16)28-13-4-3-9-23(11-13)18(25)14-10-12(24(26)27)5-6-15(14)19/h5-8,10,13H,3-4,9,11H2,1-2H3. The van der Waals surface area contributed by atoms with Crippen LogP contribution in [0.3, 0.4) is 0 Å². The summed E-state index contributed by atoms with van der Waals surface area (Å²) in [4.78, 5) is 26.7. The number of nitro groups is 1. The smallest absolute Gasteiger partial charge is 0.270 e. The number of amides is 1. The summed E-state index contributed by atoms with van der Waals surface area (Å²) in [6.45, 7) is 0.873. The van der Waals surface area contributed by atoms with Crippen molar-refractivity contribution < 1.29 is 14.5 Å². The molecule has 1 amide bonds. The molecule has 1 aliphatic rings. The van der Waals surface area contributed by atoms with Crippen molar-refractivity contribution in [1.29, 1.82) is 0 Å². The van der Waals surface area contributed by atoms with Crippen LogP contribution in [-0.4, -0.2) is 59.2 Å². The topological polar surface area (TPSA) is 102 Å². The van der Waals surface area contributed by atoms with Gasteiger partial charge < -0.3 is 14.5 Å². The van der Waals surface area contributed by atoms with Gasteiger partial charge in [-0.15, -0.1) is 10.2 Å². The minimum atomic E-state index is -0.550. The Morgan fingerprint density at radius 3 is 2.75 bits per heavy atom. The van der Waals surface area contributed by atoms with Crippen molar-refractivity contribution in [1.82, 2.24) is 15.1 Å². The molecule has 0 radical (unpaired) electrons. The highest BCUT2D eigenvalue weighted by Crippen LogP contribution is 2.25. The van der Waals surface area contributed by atoms with Gasteiger partial charge in [0.1, 0.15) is 6.10 Å². The van der Waals surface area contributed by atoms with Gasteiger partial charge in [-0.2, -0.15) is 0 Å². The highest BCUT2D eigenvalue weighted by molar-refractivity contribution is 6.33. The summed E-state index contributed by atoms with van der Waals surface area (Å²) in [5.41, 5.74) is -0.0551. The molecule has 0 saturated carbocycles. The number of carbonyl (C=O) groups excluding carboxylic acids is 1. The van der Waals surface area contributed by atoms with Crippen LogP contribution in [0.4, 0.5) is 11.5 Å². The maximum absolute atomic E-state index is 12.8. The zero-order chi connectivity index (χ0) is 20.3. The minimum Gasteiger partial charge on any atom is -0.471 e. The summed E-state index contributed by atoms with van der Waals surface area (Å²) in [7, 11) is 3.74. The Balaban J connectivity index is 1.70. The molecule has 0 N–H and O–H groups in total. The number of piperidine rings is 1. The lowest BCUT2D eigenvalue weighted by molar-refractivity contribution is -0.384. The summed E-state index contributed by atoms with van der Waals surface area (Å²) in [6.07, 6.45) is 1.27. The number of ether oxygens (including phenoxy) is 1. The SMILES string of the molecule is CN(C)c1ccc(OC2CCCN(C(=O)c3cc([N+](=O)[O-])ccc3Cl)C2)nn1. The van der Waals surface area contributed by atoms with Crippen LogP contribution >= 0.6 is 11.6 Å². The van der Waals surface area contributed by atoms with Crippen molar-refractivity contribution in [3.8, 4) is 5.88 Å². The highest BCUT2D eigenvalue weighted by atomic mass is 35.5. The van der Waals surface area contributed by atoms with E-state index in [2.05, 4.69) is 10.2 Å². The van der Waals surface area contributed by atoms with E-state index in [9.17, 15) is 14.9 Å². The maximum atomic E-state index is 12.8. The molecule has 10 heteroatoms. The van der Waals surface area contributed by atoms with Crippen LogP contribution in [0.5, 0.6) is 5.88 Å². The van der Waals surface area contributed by atoms with Gasteiger partial charge in [-0.3, -0.25) is 14.9 Å². The van der Waals surface area contributed by atoms with E-state index in [1.165, 1.54) is 18.2 Å². The van der Waals surface area contributed by atoms with Crippen molar-refractivity contribution in [2.24, 2.45) is 0 Å². The second kappa shape index (κ2) is 8.39. The maximum Gasteiger partial charge on any atom is 0.270 e. The number of nitro benzene ring substituents is 1. The normalized spacial score (nSPS) is 16.5. The molecule has 0 bridgehead atoms. The van der Waals surface area contributed by atoms with Gasteiger partial charge in [-0.05, 0) is 25.0 Å². The van der Waals surface area contributed by atoms with Crippen LogP contribution in [0.15, 0.2) is 30.3 Å². The number of likely N-dealkylation sites (tertiary alicyclic amines) is 1.